The van der Waals surface area contributed by atoms with Crippen LogP contribution in [0.2, 0.25) is 0 Å². The zero-order chi connectivity index (χ0) is 55.8. The number of hydrogen-bond acceptors (Lipinski definition) is 12. The van der Waals surface area contributed by atoms with Gasteiger partial charge in [-0.1, -0.05) is 0 Å². The average molecular weight is 1250 g/mol. The monoisotopic (exact) mass is 1250 g/mol. The van der Waals surface area contributed by atoms with Crippen molar-refractivity contribution >= 4 is 84.5 Å². The summed E-state index contributed by atoms with van der Waals surface area (Å²) >= 11 is 8.11. The molecule has 0 spiro atoms. The first-order valence-electron chi connectivity index (χ1n) is 27.0. The first-order chi connectivity index (χ1) is 36.0. The van der Waals surface area contributed by atoms with E-state index in [0.717, 1.165) is 79.9 Å². The van der Waals surface area contributed by atoms with Crippen molar-refractivity contribution in [3.05, 3.63) is 0 Å². The number of rotatable bonds is 9. The maximum Gasteiger partial charge on any atom is 0.477 e. The highest BCUT2D eigenvalue weighted by molar-refractivity contribution is 9.10. The number of aliphatic hydroxyl groups excluding tert-OH is 1. The Balaban J connectivity index is 0.000000128. The topological polar surface area (TPSA) is 253 Å². The van der Waals surface area contributed by atoms with Crippen LogP contribution in [0.25, 0.3) is 0 Å². The van der Waals surface area contributed by atoms with Crippen LogP contribution in [0.15, 0.2) is 0 Å². The van der Waals surface area contributed by atoms with E-state index in [1.165, 1.54) is 49.8 Å². The molecule has 18 nitrogen and oxygen atoms in total. The zero-order valence-electron chi connectivity index (χ0n) is 42.1. The van der Waals surface area contributed by atoms with Crippen molar-refractivity contribution < 1.29 is 84.5 Å². The van der Waals surface area contributed by atoms with Gasteiger partial charge in [-0.25, -0.2) is 24.2 Å². The van der Waals surface area contributed by atoms with Gasteiger partial charge < -0.3 is 35.8 Å². The molecule has 12 saturated carbocycles. The predicted octanol–water partition coefficient (Wildman–Crippen LogP) is 7.65. The fourth-order valence-corrected chi connectivity index (χ4v) is 16.7. The smallest absolute Gasteiger partial charge is 0.457 e. The number of primary amides is 2. The number of amides is 6. The van der Waals surface area contributed by atoms with Crippen LogP contribution >= 0.6 is 43.5 Å². The van der Waals surface area contributed by atoms with Crippen molar-refractivity contribution in [3.8, 4) is 0 Å². The molecule has 12 aliphatic carbocycles. The van der Waals surface area contributed by atoms with Crippen molar-refractivity contribution in [1.82, 2.24) is 19.9 Å². The molecule has 4 saturated heterocycles. The normalized spacial score (nSPS) is 40.1. The largest absolute Gasteiger partial charge is 0.477 e. The number of aliphatic hydroxyl groups is 1. The number of esters is 2. The molecule has 6 amide bonds. The second-order valence-electron chi connectivity index (χ2n) is 24.2. The third kappa shape index (κ3) is 12.7. The van der Waals surface area contributed by atoms with E-state index in [9.17, 15) is 70.2 Å². The minimum Gasteiger partial charge on any atom is -0.457 e. The number of fused-ring (bicyclic) bond motifs is 4. The van der Waals surface area contributed by atoms with Gasteiger partial charge in [0.05, 0.1) is 18.2 Å². The van der Waals surface area contributed by atoms with E-state index in [0.29, 0.717) is 65.0 Å². The van der Waals surface area contributed by atoms with E-state index < -0.39 is 81.1 Å². The molecule has 77 heavy (non-hydrogen) atoms. The van der Waals surface area contributed by atoms with Crippen LogP contribution in [0.1, 0.15) is 122 Å². The van der Waals surface area contributed by atoms with Crippen LogP contribution in [-0.4, -0.2) is 143 Å². The van der Waals surface area contributed by atoms with Crippen molar-refractivity contribution in [3.63, 3.8) is 0 Å². The first kappa shape index (κ1) is 58.5. The number of halogens is 9. The van der Waals surface area contributed by atoms with Gasteiger partial charge in [0, 0.05) is 44.9 Å². The number of carbonyl (C=O) groups is 7. The van der Waals surface area contributed by atoms with Crippen molar-refractivity contribution in [2.75, 3.05) is 13.1 Å². The van der Waals surface area contributed by atoms with Gasteiger partial charge in [0.25, 0.3) is 0 Å². The molecule has 0 aromatic heterocycles. The summed E-state index contributed by atoms with van der Waals surface area (Å²) in [5.74, 6) is 2.72. The molecule has 0 aromatic carbocycles. The Bertz CT molecular complexity index is 2200. The van der Waals surface area contributed by atoms with E-state index in [1.54, 1.807) is 15.9 Å². The van der Waals surface area contributed by atoms with Gasteiger partial charge in [-0.2, -0.15) is 36.2 Å². The van der Waals surface area contributed by atoms with Gasteiger partial charge >= 0.3 is 45.0 Å². The van der Waals surface area contributed by atoms with Crippen LogP contribution in [0.5, 0.6) is 0 Å². The molecule has 0 unspecified atom stereocenters. The maximum atomic E-state index is 14.6. The average Bonchev–Trinajstić information content (AvgIpc) is 3.70. The highest BCUT2D eigenvalue weighted by Crippen LogP contribution is 2.57. The molecule has 6 N–H and O–H groups in total. The third-order valence-corrected chi connectivity index (χ3v) is 20.3. The molecule has 4 aliphatic heterocycles. The lowest BCUT2D eigenvalue weighted by molar-refractivity contribution is -0.333. The maximum absolute atomic E-state index is 14.6. The Hall–Kier alpha value is -3.20. The molecule has 16 rings (SSSR count). The molecule has 4 atom stereocenters. The van der Waals surface area contributed by atoms with Crippen LogP contribution in [0, 0.1) is 71.0 Å². The van der Waals surface area contributed by atoms with Gasteiger partial charge in [-0.3, -0.25) is 19.6 Å². The number of carbonyl (C=O) groups excluding carboxylic acids is 7. The molecule has 27 heteroatoms. The lowest BCUT2D eigenvalue weighted by Gasteiger charge is -2.53. The number of hydroxylamine groups is 4. The molecule has 0 aromatic rings. The Morgan fingerprint density at radius 1 is 0.532 bits per heavy atom. The van der Waals surface area contributed by atoms with Gasteiger partial charge in [-0.05, 0) is 205 Å². The highest BCUT2D eigenvalue weighted by Gasteiger charge is 2.58. The molecule has 4 heterocycles. The quantitative estimate of drug-likeness (QED) is 0.0571. The van der Waals surface area contributed by atoms with Crippen LogP contribution in [0.3, 0.4) is 0 Å². The van der Waals surface area contributed by atoms with Gasteiger partial charge in [-0.15, -0.1) is 0 Å². The number of alkyl halides is 8. The number of hydrogen-bond donors (Lipinski definition) is 4. The molecule has 16 fully saturated rings. The summed E-state index contributed by atoms with van der Waals surface area (Å²) in [5, 5.41) is 18.6. The number of nitrogens with zero attached hydrogens (tertiary/aromatic N) is 4. The Kier molecular flexibility index (Phi) is 17.2. The van der Waals surface area contributed by atoms with Crippen LogP contribution < -0.4 is 11.5 Å². The summed E-state index contributed by atoms with van der Waals surface area (Å²) < 4.78 is 87.6. The summed E-state index contributed by atoms with van der Waals surface area (Å²) in [6, 6.07) is -3.59. The summed E-state index contributed by atoms with van der Waals surface area (Å²) in [6.07, 6.45) is 14.0. The number of urea groups is 2. The number of ether oxygens (including phenoxy) is 2. The zero-order valence-corrected chi connectivity index (χ0v) is 46.1. The summed E-state index contributed by atoms with van der Waals surface area (Å²) in [5.41, 5.74) is 10.4. The lowest BCUT2D eigenvalue weighted by atomic mass is 9.55. The highest BCUT2D eigenvalue weighted by atomic mass is 79.9. The van der Waals surface area contributed by atoms with E-state index >= 15 is 0 Å². The minimum atomic E-state index is -4.27. The van der Waals surface area contributed by atoms with E-state index in [4.69, 9.17) is 20.9 Å². The number of piperidine rings is 2. The lowest BCUT2D eigenvalue weighted by Crippen LogP contribution is -2.52. The first-order valence-corrected chi connectivity index (χ1v) is 29.0. The van der Waals surface area contributed by atoms with E-state index in [-0.39, 0.29) is 49.5 Å². The molecule has 16 bridgehead atoms. The Morgan fingerprint density at radius 2 is 0.870 bits per heavy atom. The second-order valence-corrected chi connectivity index (χ2v) is 26.6. The van der Waals surface area contributed by atoms with Crippen molar-refractivity contribution in [1.29, 1.82) is 0 Å². The predicted molar refractivity (Wildman–Crippen MR) is 263 cm³/mol. The number of nitrogens with two attached hydrogens (primary N) is 2. The van der Waals surface area contributed by atoms with Gasteiger partial charge in [0.2, 0.25) is 11.8 Å². The SMILES string of the molecule is NC(=O)[C@@H]1CC[C@@H]2CN1C(=O)N2O.NC(=O)[C@@H]1CC[C@@H]2CN1C(=O)N2OC(F)(F)C(=O)OC1C2CC3CC(C2)CC1C3.O=C(Cl)C(F)(F)Br.O=C(OC1C2CC3CC(C2)CC1C3)C(F)(F)Br.OC1C2CC3CC(C2)CC1C3. The van der Waals surface area contributed by atoms with Crippen molar-refractivity contribution in [2.45, 2.75) is 180 Å². The second kappa shape index (κ2) is 22.6. The summed E-state index contributed by atoms with van der Waals surface area (Å²) in [6.45, 7) is 0.468. The molecule has 16 aliphatic rings. The van der Waals surface area contributed by atoms with E-state index in [2.05, 4.69) is 32.4 Å². The molecule has 0 radical (unpaired) electrons. The van der Waals surface area contributed by atoms with Crippen LogP contribution in [-0.2, 0) is 38.3 Å². The fraction of sp³-hybridized carbons (Fsp3) is 0.860. The Labute approximate surface area is 462 Å². The van der Waals surface area contributed by atoms with E-state index in [1.807, 2.05) is 0 Å². The van der Waals surface area contributed by atoms with Crippen molar-refractivity contribution in [2.24, 2.45) is 82.5 Å². The van der Waals surface area contributed by atoms with Gasteiger partial charge in [0.15, 0.2) is 0 Å². The summed E-state index contributed by atoms with van der Waals surface area (Å²) in [4.78, 5) is 79.0. The minimum absolute atomic E-state index is 0.0626. The summed E-state index contributed by atoms with van der Waals surface area (Å²) in [7, 11) is 0. The molecule has 432 valence electrons. The molecular formula is C50H67Br2ClF6N6O12. The Morgan fingerprint density at radius 3 is 1.23 bits per heavy atom. The van der Waals surface area contributed by atoms with Gasteiger partial charge in [0.1, 0.15) is 24.3 Å². The standard InChI is InChI=1S/C19H25F2N3O5.C12H15BrF2O2.C10H16O.C7H11N3O3.C2BrClF2O/c20-19(21,29-24-13-1-2-14(16(22)25)23(8-13)18(24)27)17(26)28-15-11-4-9-3-10(6-11)7-12(15)5-9;13-12(14,15)11(16)17-10-8-2-6-1-7(4-8)5-9(10)3-6;11-10-8-2-6-1-7(4-8)5-9(10)3-6;8-6(11)5-2-1-4-3-9(5)7(12)10(4)13;3-2(5,6)1(4)7/h9-15H,1-8H2,(H2,22,25);6-10H,1-5H2;6-11H,1-5H2;4-5,13H,1-3H2,(H2,8,11);/t9?,10?,11?,12?,13-,14+,15?;;;4-,5+;/m1..1./s1. The van der Waals surface area contributed by atoms with Crippen LogP contribution in [0.4, 0.5) is 35.9 Å². The fourth-order valence-electron chi connectivity index (χ4n) is 16.6. The third-order valence-electron chi connectivity index (χ3n) is 19.2. The molecular weight excluding hydrogens is 1190 g/mol.